The van der Waals surface area contributed by atoms with E-state index in [9.17, 15) is 4.79 Å². The number of likely N-dealkylation sites (tertiary alicyclic amines) is 1. The molecule has 0 unspecified atom stereocenters. The molecule has 2 heterocycles. The molecule has 0 aromatic heterocycles. The van der Waals surface area contributed by atoms with Gasteiger partial charge in [-0.1, -0.05) is 6.07 Å². The van der Waals surface area contributed by atoms with Crippen molar-refractivity contribution < 1.29 is 14.3 Å². The molecule has 1 amide bonds. The van der Waals surface area contributed by atoms with E-state index in [1.165, 1.54) is 0 Å². The molecule has 2 saturated heterocycles. The Morgan fingerprint density at radius 3 is 3.10 bits per heavy atom. The molecule has 0 saturated carbocycles. The van der Waals surface area contributed by atoms with E-state index in [1.54, 1.807) is 13.2 Å². The van der Waals surface area contributed by atoms with Gasteiger partial charge in [0.1, 0.15) is 5.75 Å². The fourth-order valence-corrected chi connectivity index (χ4v) is 3.29. The third-order valence-electron chi connectivity index (χ3n) is 4.34. The van der Waals surface area contributed by atoms with E-state index in [4.69, 9.17) is 9.47 Å². The van der Waals surface area contributed by atoms with Gasteiger partial charge in [-0.3, -0.25) is 4.79 Å². The number of carbonyl (C=O) groups is 1. The van der Waals surface area contributed by atoms with Crippen LogP contribution in [0.25, 0.3) is 0 Å². The standard InChI is InChI=1S/C16H21NO3/c1-11-8-12-6-7-17(10-15(12)20-11)16(18)13-4-3-5-14(9-13)19-2/h3-5,9,11-12,15H,6-8,10H2,1-2H3/t11-,12-,15+/m1/s1. The van der Waals surface area contributed by atoms with Crippen molar-refractivity contribution in [3.05, 3.63) is 29.8 Å². The number of hydrogen-bond donors (Lipinski definition) is 0. The van der Waals surface area contributed by atoms with Crippen molar-refractivity contribution in [1.29, 1.82) is 0 Å². The van der Waals surface area contributed by atoms with E-state index in [0.717, 1.165) is 25.1 Å². The van der Waals surface area contributed by atoms with E-state index >= 15 is 0 Å². The first kappa shape index (κ1) is 13.4. The van der Waals surface area contributed by atoms with Crippen LogP contribution in [0.1, 0.15) is 30.1 Å². The second kappa shape index (κ2) is 5.44. The molecule has 0 bridgehead atoms. The van der Waals surface area contributed by atoms with Crippen LogP contribution in [0.5, 0.6) is 5.75 Å². The Hall–Kier alpha value is -1.55. The number of amides is 1. The molecule has 4 nitrogen and oxygen atoms in total. The van der Waals surface area contributed by atoms with Crippen LogP contribution in [0.15, 0.2) is 24.3 Å². The molecule has 0 aliphatic carbocycles. The molecule has 3 rings (SSSR count). The third-order valence-corrected chi connectivity index (χ3v) is 4.34. The molecule has 2 aliphatic rings. The third kappa shape index (κ3) is 2.52. The average Bonchev–Trinajstić information content (AvgIpc) is 2.85. The number of methoxy groups -OCH3 is 1. The number of nitrogens with zero attached hydrogens (tertiary/aromatic N) is 1. The molecule has 2 aliphatic heterocycles. The lowest BCUT2D eigenvalue weighted by atomic mass is 9.91. The van der Waals surface area contributed by atoms with Crippen molar-refractivity contribution in [2.24, 2.45) is 5.92 Å². The zero-order chi connectivity index (χ0) is 14.1. The number of rotatable bonds is 2. The van der Waals surface area contributed by atoms with Crippen molar-refractivity contribution in [3.8, 4) is 5.75 Å². The maximum atomic E-state index is 12.6. The summed E-state index contributed by atoms with van der Waals surface area (Å²) >= 11 is 0. The van der Waals surface area contributed by atoms with Gasteiger partial charge in [-0.05, 0) is 43.9 Å². The van der Waals surface area contributed by atoms with Crippen molar-refractivity contribution in [2.45, 2.75) is 32.0 Å². The summed E-state index contributed by atoms with van der Waals surface area (Å²) in [6.45, 7) is 3.66. The van der Waals surface area contributed by atoms with Gasteiger partial charge in [-0.2, -0.15) is 0 Å². The van der Waals surface area contributed by atoms with E-state index < -0.39 is 0 Å². The lowest BCUT2D eigenvalue weighted by Gasteiger charge is -2.34. The molecule has 1 aromatic rings. The van der Waals surface area contributed by atoms with Crippen LogP contribution >= 0.6 is 0 Å². The van der Waals surface area contributed by atoms with E-state index in [2.05, 4.69) is 6.92 Å². The summed E-state index contributed by atoms with van der Waals surface area (Å²) in [6.07, 6.45) is 2.72. The van der Waals surface area contributed by atoms with Crippen LogP contribution in [0.3, 0.4) is 0 Å². The van der Waals surface area contributed by atoms with Gasteiger partial charge in [0, 0.05) is 18.7 Å². The summed E-state index contributed by atoms with van der Waals surface area (Å²) in [5.74, 6) is 1.42. The number of benzene rings is 1. The summed E-state index contributed by atoms with van der Waals surface area (Å²) in [5, 5.41) is 0. The molecule has 0 N–H and O–H groups in total. The van der Waals surface area contributed by atoms with Crippen molar-refractivity contribution >= 4 is 5.91 Å². The van der Waals surface area contributed by atoms with Crippen LogP contribution in [-0.2, 0) is 4.74 Å². The smallest absolute Gasteiger partial charge is 0.254 e. The highest BCUT2D eigenvalue weighted by Crippen LogP contribution is 2.33. The lowest BCUT2D eigenvalue weighted by Crippen LogP contribution is -2.45. The molecule has 108 valence electrons. The second-order valence-corrected chi connectivity index (χ2v) is 5.75. The van der Waals surface area contributed by atoms with Gasteiger partial charge in [0.15, 0.2) is 0 Å². The van der Waals surface area contributed by atoms with Crippen molar-refractivity contribution in [3.63, 3.8) is 0 Å². The summed E-state index contributed by atoms with van der Waals surface area (Å²) in [4.78, 5) is 14.5. The monoisotopic (exact) mass is 275 g/mol. The molecule has 0 radical (unpaired) electrons. The first-order valence-electron chi connectivity index (χ1n) is 7.26. The van der Waals surface area contributed by atoms with Crippen LogP contribution in [0.4, 0.5) is 0 Å². The Morgan fingerprint density at radius 1 is 1.45 bits per heavy atom. The first-order valence-corrected chi connectivity index (χ1v) is 7.26. The molecule has 3 atom stereocenters. The summed E-state index contributed by atoms with van der Waals surface area (Å²) in [7, 11) is 1.61. The maximum absolute atomic E-state index is 12.6. The van der Waals surface area contributed by atoms with Crippen LogP contribution in [-0.4, -0.2) is 43.2 Å². The largest absolute Gasteiger partial charge is 0.497 e. The Kier molecular flexibility index (Phi) is 3.66. The second-order valence-electron chi connectivity index (χ2n) is 5.75. The average molecular weight is 275 g/mol. The van der Waals surface area contributed by atoms with Gasteiger partial charge >= 0.3 is 0 Å². The van der Waals surface area contributed by atoms with E-state index in [1.807, 2.05) is 23.1 Å². The SMILES string of the molecule is COc1cccc(C(=O)N2CC[C@@H]3C[C@@H](C)O[C@H]3C2)c1. The lowest BCUT2D eigenvalue weighted by molar-refractivity contribution is 0.00156. The minimum Gasteiger partial charge on any atom is -0.497 e. The molecule has 2 fully saturated rings. The van der Waals surface area contributed by atoms with Gasteiger partial charge in [0.2, 0.25) is 0 Å². The quantitative estimate of drug-likeness (QED) is 0.831. The topological polar surface area (TPSA) is 38.8 Å². The normalized spacial score (nSPS) is 29.1. The fraction of sp³-hybridized carbons (Fsp3) is 0.562. The van der Waals surface area contributed by atoms with E-state index in [0.29, 0.717) is 24.1 Å². The predicted octanol–water partition coefficient (Wildman–Crippen LogP) is 2.33. The van der Waals surface area contributed by atoms with Gasteiger partial charge in [-0.15, -0.1) is 0 Å². The zero-order valence-electron chi connectivity index (χ0n) is 12.0. The van der Waals surface area contributed by atoms with Crippen molar-refractivity contribution in [1.82, 2.24) is 4.90 Å². The van der Waals surface area contributed by atoms with Gasteiger partial charge in [0.05, 0.1) is 19.3 Å². The van der Waals surface area contributed by atoms with Gasteiger partial charge < -0.3 is 14.4 Å². The predicted molar refractivity (Wildman–Crippen MR) is 76.0 cm³/mol. The van der Waals surface area contributed by atoms with Crippen LogP contribution in [0.2, 0.25) is 0 Å². The maximum Gasteiger partial charge on any atom is 0.254 e. The number of piperidine rings is 1. The first-order chi connectivity index (χ1) is 9.67. The van der Waals surface area contributed by atoms with E-state index in [-0.39, 0.29) is 12.0 Å². The highest BCUT2D eigenvalue weighted by Gasteiger charge is 2.38. The Balaban J connectivity index is 1.71. The minimum absolute atomic E-state index is 0.0745. The molecular weight excluding hydrogens is 254 g/mol. The fourth-order valence-electron chi connectivity index (χ4n) is 3.29. The van der Waals surface area contributed by atoms with Gasteiger partial charge in [0.25, 0.3) is 5.91 Å². The summed E-state index contributed by atoms with van der Waals surface area (Å²) in [6, 6.07) is 7.35. The summed E-state index contributed by atoms with van der Waals surface area (Å²) in [5.41, 5.74) is 0.689. The number of carbonyl (C=O) groups excluding carboxylic acids is 1. The zero-order valence-corrected chi connectivity index (χ0v) is 12.0. The Morgan fingerprint density at radius 2 is 2.30 bits per heavy atom. The Bertz CT molecular complexity index is 502. The minimum atomic E-state index is 0.0745. The molecule has 1 aromatic carbocycles. The van der Waals surface area contributed by atoms with Crippen LogP contribution < -0.4 is 4.74 Å². The van der Waals surface area contributed by atoms with Crippen LogP contribution in [0, 0.1) is 5.92 Å². The molecule has 20 heavy (non-hydrogen) atoms. The summed E-state index contributed by atoms with van der Waals surface area (Å²) < 4.78 is 11.1. The number of hydrogen-bond acceptors (Lipinski definition) is 3. The highest BCUT2D eigenvalue weighted by atomic mass is 16.5. The number of fused-ring (bicyclic) bond motifs is 1. The number of ether oxygens (including phenoxy) is 2. The molecule has 0 spiro atoms. The molecule has 4 heteroatoms. The van der Waals surface area contributed by atoms with Crippen molar-refractivity contribution in [2.75, 3.05) is 20.2 Å². The van der Waals surface area contributed by atoms with Gasteiger partial charge in [-0.25, -0.2) is 0 Å². The highest BCUT2D eigenvalue weighted by molar-refractivity contribution is 5.94. The molecular formula is C16H21NO3. The Labute approximate surface area is 119 Å².